The Labute approximate surface area is 136 Å². The summed E-state index contributed by atoms with van der Waals surface area (Å²) in [5.41, 5.74) is 5.24. The highest BCUT2D eigenvalue weighted by molar-refractivity contribution is 5.89. The van der Waals surface area contributed by atoms with Crippen molar-refractivity contribution in [3.05, 3.63) is 71.0 Å². The van der Waals surface area contributed by atoms with Gasteiger partial charge in [-0.3, -0.25) is 4.79 Å². The van der Waals surface area contributed by atoms with Crippen molar-refractivity contribution < 1.29 is 9.21 Å². The number of carbonyl (C=O) groups is 1. The number of furan rings is 1. The first kappa shape index (κ1) is 15.3. The van der Waals surface area contributed by atoms with Crippen molar-refractivity contribution in [2.45, 2.75) is 33.2 Å². The molecule has 0 bridgehead atoms. The van der Waals surface area contributed by atoms with Crippen LogP contribution >= 0.6 is 0 Å². The molecule has 0 spiro atoms. The van der Waals surface area contributed by atoms with E-state index in [-0.39, 0.29) is 11.9 Å². The van der Waals surface area contributed by atoms with Gasteiger partial charge in [0.05, 0.1) is 18.7 Å². The topological polar surface area (TPSA) is 42.2 Å². The monoisotopic (exact) mass is 307 g/mol. The summed E-state index contributed by atoms with van der Waals surface area (Å²) in [5, 5.41) is 4.07. The number of hydrogen-bond acceptors (Lipinski definition) is 2. The van der Waals surface area contributed by atoms with Crippen molar-refractivity contribution in [3.8, 4) is 0 Å². The molecule has 0 radical (unpaired) electrons. The Kier molecular flexibility index (Phi) is 4.20. The van der Waals surface area contributed by atoms with Crippen LogP contribution in [0.2, 0.25) is 0 Å². The Morgan fingerprint density at radius 2 is 1.87 bits per heavy atom. The molecule has 1 N–H and O–H groups in total. The first-order chi connectivity index (χ1) is 11.1. The van der Waals surface area contributed by atoms with Crippen LogP contribution < -0.4 is 5.32 Å². The first-order valence-electron chi connectivity index (χ1n) is 7.87. The summed E-state index contributed by atoms with van der Waals surface area (Å²) in [6, 6.07) is 14.1. The van der Waals surface area contributed by atoms with E-state index < -0.39 is 0 Å². The average molecular weight is 307 g/mol. The quantitative estimate of drug-likeness (QED) is 0.772. The Hall–Kier alpha value is -2.55. The van der Waals surface area contributed by atoms with Gasteiger partial charge in [0.15, 0.2) is 0 Å². The van der Waals surface area contributed by atoms with Gasteiger partial charge < -0.3 is 9.73 Å². The summed E-state index contributed by atoms with van der Waals surface area (Å²) < 4.78 is 5.67. The highest BCUT2D eigenvalue weighted by Gasteiger charge is 2.14. The number of benzene rings is 2. The van der Waals surface area contributed by atoms with Crippen LogP contribution in [0.1, 0.15) is 35.2 Å². The van der Waals surface area contributed by atoms with Crippen molar-refractivity contribution >= 4 is 16.9 Å². The number of amides is 1. The molecule has 1 atom stereocenters. The zero-order chi connectivity index (χ0) is 16.4. The van der Waals surface area contributed by atoms with Gasteiger partial charge in [-0.25, -0.2) is 0 Å². The zero-order valence-electron chi connectivity index (χ0n) is 13.7. The van der Waals surface area contributed by atoms with E-state index in [9.17, 15) is 4.79 Å². The lowest BCUT2D eigenvalue weighted by molar-refractivity contribution is -0.121. The fraction of sp³-hybridized carbons (Fsp3) is 0.250. The minimum absolute atomic E-state index is 0.00211. The van der Waals surface area contributed by atoms with E-state index in [1.54, 1.807) is 6.26 Å². The van der Waals surface area contributed by atoms with Gasteiger partial charge in [0.25, 0.3) is 0 Å². The highest BCUT2D eigenvalue weighted by Crippen LogP contribution is 2.26. The molecule has 23 heavy (non-hydrogen) atoms. The van der Waals surface area contributed by atoms with Crippen LogP contribution in [-0.4, -0.2) is 5.91 Å². The SMILES string of the molecule is Cc1ccc2c(CC(=O)N[C@H](C)c3ccccc3)coc2c1C. The molecule has 1 heterocycles. The van der Waals surface area contributed by atoms with Crippen molar-refractivity contribution in [3.63, 3.8) is 0 Å². The standard InChI is InChI=1S/C20H21NO2/c1-13-9-10-18-17(12-23-20(18)14(13)2)11-19(22)21-15(3)16-7-5-4-6-8-16/h4-10,12,15H,11H2,1-3H3,(H,21,22)/t15-/m1/s1. The van der Waals surface area contributed by atoms with E-state index in [4.69, 9.17) is 4.42 Å². The third-order valence-corrected chi connectivity index (χ3v) is 4.37. The number of carbonyl (C=O) groups excluding carboxylic acids is 1. The fourth-order valence-corrected chi connectivity index (χ4v) is 2.82. The summed E-state index contributed by atoms with van der Waals surface area (Å²) in [4.78, 5) is 12.3. The second kappa shape index (κ2) is 6.29. The van der Waals surface area contributed by atoms with Gasteiger partial charge in [-0.2, -0.15) is 0 Å². The molecule has 3 aromatic rings. The lowest BCUT2D eigenvalue weighted by Gasteiger charge is -2.14. The van der Waals surface area contributed by atoms with Crippen LogP contribution in [0.5, 0.6) is 0 Å². The predicted molar refractivity (Wildman–Crippen MR) is 92.4 cm³/mol. The molecule has 0 unspecified atom stereocenters. The molecule has 0 fully saturated rings. The Bertz CT molecular complexity index is 833. The van der Waals surface area contributed by atoms with Crippen LogP contribution in [0.25, 0.3) is 11.0 Å². The van der Waals surface area contributed by atoms with E-state index in [0.29, 0.717) is 6.42 Å². The molecule has 118 valence electrons. The maximum absolute atomic E-state index is 12.3. The fourth-order valence-electron chi connectivity index (χ4n) is 2.82. The van der Waals surface area contributed by atoms with E-state index in [0.717, 1.165) is 27.7 Å². The number of rotatable bonds is 4. The van der Waals surface area contributed by atoms with E-state index in [1.165, 1.54) is 5.56 Å². The molecule has 3 rings (SSSR count). The lowest BCUT2D eigenvalue weighted by atomic mass is 10.0. The molecule has 3 heteroatoms. The smallest absolute Gasteiger partial charge is 0.225 e. The number of nitrogens with one attached hydrogen (secondary N) is 1. The molecule has 0 saturated heterocycles. The maximum Gasteiger partial charge on any atom is 0.225 e. The molecular weight excluding hydrogens is 286 g/mol. The minimum Gasteiger partial charge on any atom is -0.464 e. The number of hydrogen-bond donors (Lipinski definition) is 1. The number of aryl methyl sites for hydroxylation is 2. The molecule has 1 amide bonds. The molecule has 0 aliphatic rings. The Morgan fingerprint density at radius 1 is 1.13 bits per heavy atom. The van der Waals surface area contributed by atoms with Gasteiger partial charge in [0, 0.05) is 10.9 Å². The molecule has 2 aromatic carbocycles. The molecule has 0 aliphatic carbocycles. The summed E-state index contributed by atoms with van der Waals surface area (Å²) >= 11 is 0. The second-order valence-corrected chi connectivity index (χ2v) is 6.02. The predicted octanol–water partition coefficient (Wildman–Crippen LogP) is 4.47. The highest BCUT2D eigenvalue weighted by atomic mass is 16.3. The first-order valence-corrected chi connectivity index (χ1v) is 7.87. The van der Waals surface area contributed by atoms with Crippen LogP contribution in [0.3, 0.4) is 0 Å². The van der Waals surface area contributed by atoms with Crippen molar-refractivity contribution in [2.75, 3.05) is 0 Å². The normalized spacial score (nSPS) is 12.3. The Balaban J connectivity index is 1.75. The molecule has 3 nitrogen and oxygen atoms in total. The van der Waals surface area contributed by atoms with Crippen molar-refractivity contribution in [1.29, 1.82) is 0 Å². The summed E-state index contributed by atoms with van der Waals surface area (Å²) in [7, 11) is 0. The third-order valence-electron chi connectivity index (χ3n) is 4.37. The summed E-state index contributed by atoms with van der Waals surface area (Å²) in [6.07, 6.45) is 2.02. The van der Waals surface area contributed by atoms with Gasteiger partial charge in [0.1, 0.15) is 5.58 Å². The largest absolute Gasteiger partial charge is 0.464 e. The third kappa shape index (κ3) is 3.14. The van der Waals surface area contributed by atoms with Gasteiger partial charge >= 0.3 is 0 Å². The van der Waals surface area contributed by atoms with Crippen LogP contribution in [-0.2, 0) is 11.2 Å². The number of fused-ring (bicyclic) bond motifs is 1. The van der Waals surface area contributed by atoms with Crippen LogP contribution in [0, 0.1) is 13.8 Å². The van der Waals surface area contributed by atoms with Crippen molar-refractivity contribution in [2.24, 2.45) is 0 Å². The van der Waals surface area contributed by atoms with E-state index in [2.05, 4.69) is 18.3 Å². The molecule has 1 aromatic heterocycles. The van der Waals surface area contributed by atoms with E-state index in [1.807, 2.05) is 50.2 Å². The minimum atomic E-state index is -0.00848. The Morgan fingerprint density at radius 3 is 2.61 bits per heavy atom. The molecule has 0 saturated carbocycles. The van der Waals surface area contributed by atoms with Gasteiger partial charge in [0.2, 0.25) is 5.91 Å². The van der Waals surface area contributed by atoms with Gasteiger partial charge in [-0.1, -0.05) is 42.5 Å². The average Bonchev–Trinajstić information content (AvgIpc) is 2.95. The van der Waals surface area contributed by atoms with Crippen LogP contribution in [0.4, 0.5) is 0 Å². The van der Waals surface area contributed by atoms with Gasteiger partial charge in [-0.05, 0) is 37.5 Å². The second-order valence-electron chi connectivity index (χ2n) is 6.02. The van der Waals surface area contributed by atoms with Gasteiger partial charge in [-0.15, -0.1) is 0 Å². The van der Waals surface area contributed by atoms with Crippen LogP contribution in [0.15, 0.2) is 53.1 Å². The molecular formula is C20H21NO2. The molecule has 0 aliphatic heterocycles. The summed E-state index contributed by atoms with van der Waals surface area (Å²) in [5.74, 6) is 0.00211. The van der Waals surface area contributed by atoms with E-state index >= 15 is 0 Å². The lowest BCUT2D eigenvalue weighted by Crippen LogP contribution is -2.27. The van der Waals surface area contributed by atoms with Crippen molar-refractivity contribution in [1.82, 2.24) is 5.32 Å². The maximum atomic E-state index is 12.3. The summed E-state index contributed by atoms with van der Waals surface area (Å²) in [6.45, 7) is 6.10. The zero-order valence-corrected chi connectivity index (χ0v) is 13.7.